The second kappa shape index (κ2) is 4.57. The van der Waals surface area contributed by atoms with Crippen LogP contribution in [-0.2, 0) is 0 Å². The maximum atomic E-state index is 5.45. The quantitative estimate of drug-likeness (QED) is 0.724. The maximum absolute atomic E-state index is 5.45. The molecule has 0 aliphatic carbocycles. The Morgan fingerprint density at radius 2 is 1.78 bits per heavy atom. The molecule has 0 saturated carbocycles. The van der Waals surface area contributed by atoms with Gasteiger partial charge in [0, 0.05) is 16.6 Å². The van der Waals surface area contributed by atoms with E-state index in [9.17, 15) is 0 Å². The van der Waals surface area contributed by atoms with E-state index in [1.165, 1.54) is 16.5 Å². The fraction of sp³-hybridized carbons (Fsp3) is 0.125. The lowest BCUT2D eigenvalue weighted by Crippen LogP contribution is -1.90. The van der Waals surface area contributed by atoms with Gasteiger partial charge in [0.05, 0.1) is 6.61 Å². The van der Waals surface area contributed by atoms with E-state index in [4.69, 9.17) is 4.74 Å². The third-order valence-electron chi connectivity index (χ3n) is 3.01. The van der Waals surface area contributed by atoms with Crippen LogP contribution >= 0.6 is 0 Å². The van der Waals surface area contributed by atoms with Crippen LogP contribution in [0.3, 0.4) is 0 Å². The molecule has 90 valence electrons. The third-order valence-corrected chi connectivity index (χ3v) is 3.01. The zero-order valence-corrected chi connectivity index (χ0v) is 10.3. The first kappa shape index (κ1) is 10.9. The van der Waals surface area contributed by atoms with Gasteiger partial charge in [-0.2, -0.15) is 0 Å². The van der Waals surface area contributed by atoms with Gasteiger partial charge in [-0.3, -0.25) is 0 Å². The van der Waals surface area contributed by atoms with Gasteiger partial charge in [0.25, 0.3) is 0 Å². The Hall–Kier alpha value is -2.22. The van der Waals surface area contributed by atoms with Gasteiger partial charge in [-0.05, 0) is 48.9 Å². The van der Waals surface area contributed by atoms with Crippen LogP contribution in [0.15, 0.2) is 54.6 Å². The van der Waals surface area contributed by atoms with E-state index in [-0.39, 0.29) is 0 Å². The largest absolute Gasteiger partial charge is 0.494 e. The highest BCUT2D eigenvalue weighted by Gasteiger charge is 2.02. The number of para-hydroxylation sites is 1. The number of hydrogen-bond donors (Lipinski definition) is 1. The van der Waals surface area contributed by atoms with Gasteiger partial charge < -0.3 is 9.72 Å². The molecule has 0 fully saturated rings. The minimum atomic E-state index is 0.700. The van der Waals surface area contributed by atoms with E-state index in [0.29, 0.717) is 6.61 Å². The van der Waals surface area contributed by atoms with E-state index >= 15 is 0 Å². The molecule has 0 radical (unpaired) electrons. The first-order chi connectivity index (χ1) is 8.86. The Morgan fingerprint density at radius 1 is 1.00 bits per heavy atom. The summed E-state index contributed by atoms with van der Waals surface area (Å²) in [5, 5.41) is 1.24. The minimum absolute atomic E-state index is 0.700. The number of fused-ring (bicyclic) bond motifs is 1. The van der Waals surface area contributed by atoms with Crippen molar-refractivity contribution in [3.05, 3.63) is 54.6 Å². The summed E-state index contributed by atoms with van der Waals surface area (Å²) in [6.07, 6.45) is 0. The molecule has 2 nitrogen and oxygen atoms in total. The van der Waals surface area contributed by atoms with E-state index < -0.39 is 0 Å². The number of H-pyrrole nitrogens is 1. The van der Waals surface area contributed by atoms with Crippen molar-refractivity contribution >= 4 is 10.9 Å². The SMILES string of the molecule is CCOc1ccc(-c2cc3ccccc3[nH]2)cc1. The van der Waals surface area contributed by atoms with Crippen molar-refractivity contribution in [3.63, 3.8) is 0 Å². The summed E-state index contributed by atoms with van der Waals surface area (Å²) >= 11 is 0. The average Bonchev–Trinajstić information content (AvgIpc) is 2.84. The Balaban J connectivity index is 1.98. The van der Waals surface area contributed by atoms with Crippen LogP contribution in [0.25, 0.3) is 22.2 Å². The van der Waals surface area contributed by atoms with E-state index in [1.54, 1.807) is 0 Å². The van der Waals surface area contributed by atoms with Crippen molar-refractivity contribution in [2.24, 2.45) is 0 Å². The molecule has 1 aromatic heterocycles. The molecule has 2 heteroatoms. The lowest BCUT2D eigenvalue weighted by molar-refractivity contribution is 0.340. The molecule has 0 amide bonds. The molecule has 0 saturated heterocycles. The van der Waals surface area contributed by atoms with Crippen molar-refractivity contribution < 1.29 is 4.74 Å². The zero-order chi connectivity index (χ0) is 12.4. The zero-order valence-electron chi connectivity index (χ0n) is 10.3. The smallest absolute Gasteiger partial charge is 0.119 e. The molecular weight excluding hydrogens is 222 g/mol. The number of rotatable bonds is 3. The fourth-order valence-electron chi connectivity index (χ4n) is 2.13. The molecule has 0 aliphatic rings. The first-order valence-corrected chi connectivity index (χ1v) is 6.18. The van der Waals surface area contributed by atoms with Crippen molar-refractivity contribution in [3.8, 4) is 17.0 Å². The van der Waals surface area contributed by atoms with E-state index in [1.807, 2.05) is 25.1 Å². The maximum Gasteiger partial charge on any atom is 0.119 e. The average molecular weight is 237 g/mol. The highest BCUT2D eigenvalue weighted by molar-refractivity contribution is 5.85. The van der Waals surface area contributed by atoms with Crippen LogP contribution in [0.1, 0.15) is 6.92 Å². The Labute approximate surface area is 106 Å². The summed E-state index contributed by atoms with van der Waals surface area (Å²) < 4.78 is 5.45. The number of benzene rings is 2. The normalized spacial score (nSPS) is 10.7. The van der Waals surface area contributed by atoms with Crippen molar-refractivity contribution in [1.82, 2.24) is 4.98 Å². The van der Waals surface area contributed by atoms with Crippen LogP contribution < -0.4 is 4.74 Å². The molecule has 1 heterocycles. The molecular formula is C16H15NO. The molecule has 0 unspecified atom stereocenters. The predicted molar refractivity (Wildman–Crippen MR) is 74.9 cm³/mol. The molecule has 0 bridgehead atoms. The summed E-state index contributed by atoms with van der Waals surface area (Å²) in [6.45, 7) is 2.69. The summed E-state index contributed by atoms with van der Waals surface area (Å²) in [6, 6.07) is 18.6. The molecule has 0 aliphatic heterocycles. The second-order valence-electron chi connectivity index (χ2n) is 4.23. The molecule has 2 aromatic carbocycles. The summed E-state index contributed by atoms with van der Waals surface area (Å²) in [5.74, 6) is 0.914. The van der Waals surface area contributed by atoms with Gasteiger partial charge in [0.15, 0.2) is 0 Å². The lowest BCUT2D eigenvalue weighted by Gasteiger charge is -2.03. The van der Waals surface area contributed by atoms with Crippen LogP contribution in [0.2, 0.25) is 0 Å². The molecule has 0 atom stereocenters. The second-order valence-corrected chi connectivity index (χ2v) is 4.23. The van der Waals surface area contributed by atoms with Crippen LogP contribution in [0.5, 0.6) is 5.75 Å². The van der Waals surface area contributed by atoms with Crippen molar-refractivity contribution in [2.75, 3.05) is 6.61 Å². The van der Waals surface area contributed by atoms with E-state index in [2.05, 4.69) is 41.4 Å². The highest BCUT2D eigenvalue weighted by atomic mass is 16.5. The van der Waals surface area contributed by atoms with Crippen molar-refractivity contribution in [1.29, 1.82) is 0 Å². The number of ether oxygens (including phenoxy) is 1. The number of hydrogen-bond acceptors (Lipinski definition) is 1. The van der Waals surface area contributed by atoms with Gasteiger partial charge in [0.1, 0.15) is 5.75 Å². The van der Waals surface area contributed by atoms with Gasteiger partial charge >= 0.3 is 0 Å². The predicted octanol–water partition coefficient (Wildman–Crippen LogP) is 4.23. The van der Waals surface area contributed by atoms with Gasteiger partial charge in [-0.1, -0.05) is 18.2 Å². The fourth-order valence-corrected chi connectivity index (χ4v) is 2.13. The van der Waals surface area contributed by atoms with Crippen LogP contribution in [-0.4, -0.2) is 11.6 Å². The number of aromatic amines is 1. The van der Waals surface area contributed by atoms with Gasteiger partial charge in [-0.15, -0.1) is 0 Å². The lowest BCUT2D eigenvalue weighted by atomic mass is 10.1. The molecule has 18 heavy (non-hydrogen) atoms. The summed E-state index contributed by atoms with van der Waals surface area (Å²) in [4.78, 5) is 3.42. The molecule has 0 spiro atoms. The topological polar surface area (TPSA) is 25.0 Å². The Morgan fingerprint density at radius 3 is 2.50 bits per heavy atom. The van der Waals surface area contributed by atoms with Crippen molar-refractivity contribution in [2.45, 2.75) is 6.92 Å². The molecule has 1 N–H and O–H groups in total. The monoisotopic (exact) mass is 237 g/mol. The standard InChI is InChI=1S/C16H15NO/c1-2-18-14-9-7-12(8-10-14)16-11-13-5-3-4-6-15(13)17-16/h3-11,17H,2H2,1H3. The van der Waals surface area contributed by atoms with Gasteiger partial charge in [-0.25, -0.2) is 0 Å². The number of nitrogens with one attached hydrogen (secondary N) is 1. The number of aromatic nitrogens is 1. The Bertz CT molecular complexity index is 619. The summed E-state index contributed by atoms with van der Waals surface area (Å²) in [5.41, 5.74) is 3.48. The van der Waals surface area contributed by atoms with Gasteiger partial charge in [0.2, 0.25) is 0 Å². The third kappa shape index (κ3) is 1.97. The summed E-state index contributed by atoms with van der Waals surface area (Å²) in [7, 11) is 0. The molecule has 3 aromatic rings. The van der Waals surface area contributed by atoms with Crippen LogP contribution in [0, 0.1) is 0 Å². The highest BCUT2D eigenvalue weighted by Crippen LogP contribution is 2.25. The minimum Gasteiger partial charge on any atom is -0.494 e. The first-order valence-electron chi connectivity index (χ1n) is 6.18. The molecule has 3 rings (SSSR count). The van der Waals surface area contributed by atoms with E-state index in [0.717, 1.165) is 11.4 Å². The van der Waals surface area contributed by atoms with Crippen LogP contribution in [0.4, 0.5) is 0 Å². The Kier molecular flexibility index (Phi) is 2.77.